The molecule has 3 aromatic rings. The number of hydrogen-bond acceptors (Lipinski definition) is 4. The van der Waals surface area contributed by atoms with Gasteiger partial charge in [-0.1, -0.05) is 42.0 Å². The Morgan fingerprint density at radius 3 is 2.65 bits per heavy atom. The molecule has 0 amide bonds. The SMILES string of the molecule is Cc1cccc(-c2cnc(N3CCC(N)CC3)c3cccc(C#N)c23)c1. The number of nitrogens with zero attached hydrogens (tertiary/aromatic N) is 3. The predicted molar refractivity (Wildman–Crippen MR) is 106 cm³/mol. The zero-order valence-corrected chi connectivity index (χ0v) is 14.9. The average Bonchev–Trinajstić information content (AvgIpc) is 2.67. The van der Waals surface area contributed by atoms with Crippen molar-refractivity contribution in [2.45, 2.75) is 25.8 Å². The fraction of sp³-hybridized carbons (Fsp3) is 0.273. The van der Waals surface area contributed by atoms with Gasteiger partial charge in [0.15, 0.2) is 0 Å². The monoisotopic (exact) mass is 342 g/mol. The first kappa shape index (κ1) is 16.6. The van der Waals surface area contributed by atoms with Gasteiger partial charge in [-0.3, -0.25) is 0 Å². The number of pyridine rings is 1. The van der Waals surface area contributed by atoms with E-state index in [1.54, 1.807) is 0 Å². The van der Waals surface area contributed by atoms with E-state index >= 15 is 0 Å². The maximum Gasteiger partial charge on any atom is 0.136 e. The molecule has 4 heteroatoms. The van der Waals surface area contributed by atoms with E-state index in [0.29, 0.717) is 5.56 Å². The highest BCUT2D eigenvalue weighted by molar-refractivity contribution is 6.05. The average molecular weight is 342 g/mol. The lowest BCUT2D eigenvalue weighted by atomic mass is 9.95. The van der Waals surface area contributed by atoms with Gasteiger partial charge in [0.2, 0.25) is 0 Å². The topological polar surface area (TPSA) is 65.9 Å². The quantitative estimate of drug-likeness (QED) is 0.764. The zero-order valence-electron chi connectivity index (χ0n) is 14.9. The Kier molecular flexibility index (Phi) is 4.32. The minimum atomic E-state index is 0.277. The van der Waals surface area contributed by atoms with Crippen LogP contribution in [0.25, 0.3) is 21.9 Å². The van der Waals surface area contributed by atoms with Crippen LogP contribution in [0.15, 0.2) is 48.7 Å². The molecule has 1 aliphatic rings. The predicted octanol–water partition coefficient (Wildman–Crippen LogP) is 4.01. The van der Waals surface area contributed by atoms with Crippen molar-refractivity contribution in [3.05, 3.63) is 59.8 Å². The summed E-state index contributed by atoms with van der Waals surface area (Å²) in [5.74, 6) is 0.959. The molecule has 1 aromatic heterocycles. The van der Waals surface area contributed by atoms with E-state index in [-0.39, 0.29) is 6.04 Å². The van der Waals surface area contributed by atoms with E-state index in [4.69, 9.17) is 10.7 Å². The molecule has 1 saturated heterocycles. The highest BCUT2D eigenvalue weighted by Crippen LogP contribution is 2.36. The van der Waals surface area contributed by atoms with E-state index < -0.39 is 0 Å². The Labute approximate surface area is 153 Å². The van der Waals surface area contributed by atoms with Crippen molar-refractivity contribution in [1.82, 2.24) is 4.98 Å². The van der Waals surface area contributed by atoms with Crippen LogP contribution in [0.1, 0.15) is 24.0 Å². The number of fused-ring (bicyclic) bond motifs is 1. The molecule has 4 rings (SSSR count). The Hall–Kier alpha value is -2.90. The third kappa shape index (κ3) is 2.91. The lowest BCUT2D eigenvalue weighted by Gasteiger charge is -2.32. The molecule has 0 bridgehead atoms. The van der Waals surface area contributed by atoms with Gasteiger partial charge in [0.05, 0.1) is 11.6 Å². The molecular weight excluding hydrogens is 320 g/mol. The van der Waals surface area contributed by atoms with Gasteiger partial charge >= 0.3 is 0 Å². The summed E-state index contributed by atoms with van der Waals surface area (Å²) in [4.78, 5) is 7.11. The molecule has 1 aliphatic heterocycles. The molecule has 2 aromatic carbocycles. The second-order valence-electron chi connectivity index (χ2n) is 7.03. The van der Waals surface area contributed by atoms with Gasteiger partial charge in [-0.15, -0.1) is 0 Å². The summed E-state index contributed by atoms with van der Waals surface area (Å²) in [7, 11) is 0. The van der Waals surface area contributed by atoms with E-state index in [9.17, 15) is 5.26 Å². The highest BCUT2D eigenvalue weighted by Gasteiger charge is 2.21. The molecule has 0 saturated carbocycles. The molecule has 1 fully saturated rings. The van der Waals surface area contributed by atoms with Crippen LogP contribution in [0.5, 0.6) is 0 Å². The third-order valence-electron chi connectivity index (χ3n) is 5.18. The van der Waals surface area contributed by atoms with Crippen LogP contribution < -0.4 is 10.6 Å². The van der Waals surface area contributed by atoms with Crippen LogP contribution in [-0.2, 0) is 0 Å². The first-order valence-corrected chi connectivity index (χ1v) is 9.07. The minimum Gasteiger partial charge on any atom is -0.356 e. The van der Waals surface area contributed by atoms with Crippen molar-refractivity contribution in [3.63, 3.8) is 0 Å². The Balaban J connectivity index is 1.93. The summed E-state index contributed by atoms with van der Waals surface area (Å²) in [6.45, 7) is 3.89. The van der Waals surface area contributed by atoms with Crippen molar-refractivity contribution in [3.8, 4) is 17.2 Å². The largest absolute Gasteiger partial charge is 0.356 e. The molecule has 130 valence electrons. The van der Waals surface area contributed by atoms with E-state index in [1.807, 2.05) is 24.4 Å². The number of aryl methyl sites for hydroxylation is 1. The van der Waals surface area contributed by atoms with Crippen molar-refractivity contribution in [2.24, 2.45) is 5.73 Å². The van der Waals surface area contributed by atoms with Crippen LogP contribution in [0, 0.1) is 18.3 Å². The molecule has 2 N–H and O–H groups in total. The second kappa shape index (κ2) is 6.78. The van der Waals surface area contributed by atoms with Crippen molar-refractivity contribution >= 4 is 16.6 Å². The lowest BCUT2D eigenvalue weighted by molar-refractivity contribution is 0.499. The molecule has 0 unspecified atom stereocenters. The van der Waals surface area contributed by atoms with Crippen molar-refractivity contribution in [1.29, 1.82) is 5.26 Å². The number of benzene rings is 2. The van der Waals surface area contributed by atoms with Crippen LogP contribution in [0.3, 0.4) is 0 Å². The number of nitriles is 1. The van der Waals surface area contributed by atoms with Gasteiger partial charge in [0, 0.05) is 41.7 Å². The summed E-state index contributed by atoms with van der Waals surface area (Å²) < 4.78 is 0. The number of anilines is 1. The maximum absolute atomic E-state index is 9.70. The molecule has 26 heavy (non-hydrogen) atoms. The molecule has 0 radical (unpaired) electrons. The first-order valence-electron chi connectivity index (χ1n) is 9.07. The fourth-order valence-corrected chi connectivity index (χ4v) is 3.78. The van der Waals surface area contributed by atoms with Gasteiger partial charge < -0.3 is 10.6 Å². The van der Waals surface area contributed by atoms with Crippen molar-refractivity contribution in [2.75, 3.05) is 18.0 Å². The van der Waals surface area contributed by atoms with Crippen LogP contribution in [-0.4, -0.2) is 24.1 Å². The minimum absolute atomic E-state index is 0.277. The van der Waals surface area contributed by atoms with Gasteiger partial charge in [0.1, 0.15) is 5.82 Å². The van der Waals surface area contributed by atoms with Gasteiger partial charge in [-0.05, 0) is 31.4 Å². The highest BCUT2D eigenvalue weighted by atomic mass is 15.2. The summed E-state index contributed by atoms with van der Waals surface area (Å²) in [5.41, 5.74) is 10.0. The van der Waals surface area contributed by atoms with E-state index in [2.05, 4.69) is 42.2 Å². The number of hydrogen-bond donors (Lipinski definition) is 1. The molecule has 0 spiro atoms. The van der Waals surface area contributed by atoms with Crippen LogP contribution >= 0.6 is 0 Å². The molecule has 2 heterocycles. The first-order chi connectivity index (χ1) is 12.7. The molecular formula is C22H22N4. The summed E-state index contributed by atoms with van der Waals surface area (Å²) in [6.07, 6.45) is 3.86. The smallest absolute Gasteiger partial charge is 0.136 e. The number of rotatable bonds is 2. The van der Waals surface area contributed by atoms with Crippen LogP contribution in [0.2, 0.25) is 0 Å². The Morgan fingerprint density at radius 2 is 1.92 bits per heavy atom. The van der Waals surface area contributed by atoms with Gasteiger partial charge in [-0.25, -0.2) is 4.98 Å². The number of nitrogens with two attached hydrogens (primary N) is 1. The number of piperidine rings is 1. The zero-order chi connectivity index (χ0) is 18.1. The van der Waals surface area contributed by atoms with Crippen molar-refractivity contribution < 1.29 is 0 Å². The number of aromatic nitrogens is 1. The Morgan fingerprint density at radius 1 is 1.15 bits per heavy atom. The molecule has 0 atom stereocenters. The van der Waals surface area contributed by atoms with Gasteiger partial charge in [-0.2, -0.15) is 5.26 Å². The van der Waals surface area contributed by atoms with E-state index in [1.165, 1.54) is 5.56 Å². The molecule has 4 nitrogen and oxygen atoms in total. The lowest BCUT2D eigenvalue weighted by Crippen LogP contribution is -2.40. The third-order valence-corrected chi connectivity index (χ3v) is 5.18. The normalized spacial score (nSPS) is 15.2. The second-order valence-corrected chi connectivity index (χ2v) is 7.03. The summed E-state index contributed by atoms with van der Waals surface area (Å²) in [6, 6.07) is 16.9. The standard InChI is InChI=1S/C22H22N4/c1-15-4-2-5-16(12-15)20-14-25-22(26-10-8-18(24)9-11-26)19-7-3-6-17(13-23)21(19)20/h2-7,12,14,18H,8-11,24H2,1H3. The fourth-order valence-electron chi connectivity index (χ4n) is 3.78. The van der Waals surface area contributed by atoms with Crippen LogP contribution in [0.4, 0.5) is 5.82 Å². The maximum atomic E-state index is 9.70. The summed E-state index contributed by atoms with van der Waals surface area (Å²) >= 11 is 0. The van der Waals surface area contributed by atoms with Gasteiger partial charge in [0.25, 0.3) is 0 Å². The molecule has 0 aliphatic carbocycles. The Bertz CT molecular complexity index is 995. The summed E-state index contributed by atoms with van der Waals surface area (Å²) in [5, 5.41) is 11.7. The van der Waals surface area contributed by atoms with E-state index in [0.717, 1.165) is 53.6 Å².